The maximum atomic E-state index is 6.11. The van der Waals surface area contributed by atoms with Crippen LogP contribution >= 0.6 is 0 Å². The molecule has 0 N–H and O–H groups in total. The highest BCUT2D eigenvalue weighted by atomic mass is 16.5. The Morgan fingerprint density at radius 1 is 0.960 bits per heavy atom. The Bertz CT molecular complexity index is 663. The van der Waals surface area contributed by atoms with Crippen LogP contribution in [0.4, 0.5) is 0 Å². The highest BCUT2D eigenvalue weighted by Crippen LogP contribution is 2.21. The van der Waals surface area contributed by atoms with E-state index in [4.69, 9.17) is 4.74 Å². The van der Waals surface area contributed by atoms with Crippen molar-refractivity contribution in [2.45, 2.75) is 26.4 Å². The highest BCUT2D eigenvalue weighted by molar-refractivity contribution is 5.34. The van der Waals surface area contributed by atoms with Gasteiger partial charge < -0.3 is 14.5 Å². The van der Waals surface area contributed by atoms with Gasteiger partial charge in [0.15, 0.2) is 0 Å². The molecule has 1 fully saturated rings. The van der Waals surface area contributed by atoms with Gasteiger partial charge in [-0.05, 0) is 50.6 Å². The van der Waals surface area contributed by atoms with E-state index in [1.165, 1.54) is 55.8 Å². The molecule has 0 amide bonds. The van der Waals surface area contributed by atoms with Gasteiger partial charge >= 0.3 is 0 Å². The standard InChI is InChI=1S/C22H30N2O/c1-19-7-5-8-20(17-19)18-25-22-11-4-3-9-21(22)10-6-12-24-15-13-23(2)14-16-24/h3-5,7-9,11,17H,6,10,12-16,18H2,1-2H3. The van der Waals surface area contributed by atoms with E-state index < -0.39 is 0 Å². The molecule has 0 aromatic heterocycles. The summed E-state index contributed by atoms with van der Waals surface area (Å²) in [5.41, 5.74) is 3.83. The van der Waals surface area contributed by atoms with Crippen LogP contribution in [-0.2, 0) is 13.0 Å². The van der Waals surface area contributed by atoms with Crippen LogP contribution in [0.25, 0.3) is 0 Å². The van der Waals surface area contributed by atoms with E-state index in [2.05, 4.69) is 72.3 Å². The molecule has 0 aliphatic carbocycles. The van der Waals surface area contributed by atoms with Gasteiger partial charge in [-0.3, -0.25) is 0 Å². The van der Waals surface area contributed by atoms with Gasteiger partial charge in [0.1, 0.15) is 12.4 Å². The van der Waals surface area contributed by atoms with Crippen molar-refractivity contribution in [1.29, 1.82) is 0 Å². The zero-order valence-corrected chi connectivity index (χ0v) is 15.6. The Labute approximate surface area is 152 Å². The highest BCUT2D eigenvalue weighted by Gasteiger charge is 2.13. The number of para-hydroxylation sites is 1. The smallest absolute Gasteiger partial charge is 0.122 e. The third-order valence-electron chi connectivity index (χ3n) is 4.97. The molecule has 1 saturated heterocycles. The number of piperazine rings is 1. The molecule has 3 rings (SSSR count). The van der Waals surface area contributed by atoms with Crippen LogP contribution in [0.3, 0.4) is 0 Å². The van der Waals surface area contributed by atoms with Crippen molar-refractivity contribution in [3.05, 3.63) is 65.2 Å². The number of rotatable bonds is 7. The van der Waals surface area contributed by atoms with Crippen LogP contribution in [0.2, 0.25) is 0 Å². The minimum atomic E-state index is 0.636. The van der Waals surface area contributed by atoms with Gasteiger partial charge in [-0.2, -0.15) is 0 Å². The Hall–Kier alpha value is -1.84. The topological polar surface area (TPSA) is 15.7 Å². The van der Waals surface area contributed by atoms with Gasteiger partial charge in [0.05, 0.1) is 0 Å². The third-order valence-corrected chi connectivity index (χ3v) is 4.97. The second-order valence-corrected chi connectivity index (χ2v) is 7.13. The Morgan fingerprint density at radius 3 is 2.56 bits per heavy atom. The van der Waals surface area contributed by atoms with E-state index in [-0.39, 0.29) is 0 Å². The third kappa shape index (κ3) is 5.58. The summed E-state index contributed by atoms with van der Waals surface area (Å²) in [5, 5.41) is 0. The Balaban J connectivity index is 1.50. The number of aryl methyl sites for hydroxylation is 2. The summed E-state index contributed by atoms with van der Waals surface area (Å²) in [6, 6.07) is 17.0. The lowest BCUT2D eigenvalue weighted by molar-refractivity contribution is 0.153. The molecule has 1 aliphatic rings. The number of nitrogens with zero attached hydrogens (tertiary/aromatic N) is 2. The molecule has 2 aromatic rings. The fraction of sp³-hybridized carbons (Fsp3) is 0.455. The van der Waals surface area contributed by atoms with E-state index in [1.54, 1.807) is 0 Å². The zero-order chi connectivity index (χ0) is 17.5. The van der Waals surface area contributed by atoms with Crippen LogP contribution in [-0.4, -0.2) is 49.6 Å². The molecule has 1 heterocycles. The van der Waals surface area contributed by atoms with E-state index in [1.807, 2.05) is 0 Å². The number of likely N-dealkylation sites (N-methyl/N-ethyl adjacent to an activating group) is 1. The first kappa shape index (κ1) is 18.0. The predicted octanol–water partition coefficient (Wildman–Crippen LogP) is 3.75. The molecule has 0 radical (unpaired) electrons. The summed E-state index contributed by atoms with van der Waals surface area (Å²) in [4.78, 5) is 4.99. The van der Waals surface area contributed by atoms with Gasteiger partial charge in [-0.15, -0.1) is 0 Å². The maximum Gasteiger partial charge on any atom is 0.122 e. The summed E-state index contributed by atoms with van der Waals surface area (Å²) in [5.74, 6) is 1.03. The molecule has 0 unspecified atom stereocenters. The first-order valence-electron chi connectivity index (χ1n) is 9.38. The van der Waals surface area contributed by atoms with Gasteiger partial charge in [0.2, 0.25) is 0 Å². The van der Waals surface area contributed by atoms with E-state index >= 15 is 0 Å². The van der Waals surface area contributed by atoms with Crippen molar-refractivity contribution in [3.8, 4) is 5.75 Å². The molecular weight excluding hydrogens is 308 g/mol. The summed E-state index contributed by atoms with van der Waals surface area (Å²) in [6.07, 6.45) is 2.27. The number of ether oxygens (including phenoxy) is 1. The van der Waals surface area contributed by atoms with Gasteiger partial charge in [0, 0.05) is 26.2 Å². The second kappa shape index (κ2) is 9.02. The molecule has 1 aliphatic heterocycles. The van der Waals surface area contributed by atoms with Crippen molar-refractivity contribution in [3.63, 3.8) is 0 Å². The summed E-state index contributed by atoms with van der Waals surface area (Å²) >= 11 is 0. The minimum absolute atomic E-state index is 0.636. The number of hydrogen-bond donors (Lipinski definition) is 0. The lowest BCUT2D eigenvalue weighted by Crippen LogP contribution is -2.44. The maximum absolute atomic E-state index is 6.11. The second-order valence-electron chi connectivity index (χ2n) is 7.13. The molecule has 0 saturated carbocycles. The quantitative estimate of drug-likeness (QED) is 0.765. The first-order valence-corrected chi connectivity index (χ1v) is 9.38. The summed E-state index contributed by atoms with van der Waals surface area (Å²) in [6.45, 7) is 8.71. The zero-order valence-electron chi connectivity index (χ0n) is 15.6. The molecule has 0 spiro atoms. The van der Waals surface area contributed by atoms with Crippen molar-refractivity contribution in [1.82, 2.24) is 9.80 Å². The SMILES string of the molecule is Cc1cccc(COc2ccccc2CCCN2CCN(C)CC2)c1. The molecule has 134 valence electrons. The van der Waals surface area contributed by atoms with Crippen molar-refractivity contribution < 1.29 is 4.74 Å². The average molecular weight is 338 g/mol. The van der Waals surface area contributed by atoms with E-state index in [0.717, 1.165) is 12.2 Å². The van der Waals surface area contributed by atoms with Gasteiger partial charge in [-0.25, -0.2) is 0 Å². The monoisotopic (exact) mass is 338 g/mol. The molecule has 3 nitrogen and oxygen atoms in total. The minimum Gasteiger partial charge on any atom is -0.489 e. The summed E-state index contributed by atoms with van der Waals surface area (Å²) in [7, 11) is 2.21. The Kier molecular flexibility index (Phi) is 6.48. The van der Waals surface area contributed by atoms with Crippen LogP contribution in [0, 0.1) is 6.92 Å². The van der Waals surface area contributed by atoms with Crippen LogP contribution in [0.15, 0.2) is 48.5 Å². The first-order chi connectivity index (χ1) is 12.2. The average Bonchev–Trinajstić information content (AvgIpc) is 2.63. The van der Waals surface area contributed by atoms with Gasteiger partial charge in [-0.1, -0.05) is 48.0 Å². The molecular formula is C22H30N2O. The van der Waals surface area contributed by atoms with Crippen LogP contribution in [0.1, 0.15) is 23.1 Å². The largest absolute Gasteiger partial charge is 0.489 e. The fourth-order valence-electron chi connectivity index (χ4n) is 3.38. The lowest BCUT2D eigenvalue weighted by atomic mass is 10.1. The van der Waals surface area contributed by atoms with Gasteiger partial charge in [0.25, 0.3) is 0 Å². The number of benzene rings is 2. The molecule has 0 bridgehead atoms. The Morgan fingerprint density at radius 2 is 1.76 bits per heavy atom. The molecule has 2 aromatic carbocycles. The predicted molar refractivity (Wildman–Crippen MR) is 104 cm³/mol. The lowest BCUT2D eigenvalue weighted by Gasteiger charge is -2.32. The molecule has 25 heavy (non-hydrogen) atoms. The normalized spacial score (nSPS) is 16.1. The molecule has 3 heteroatoms. The van der Waals surface area contributed by atoms with Crippen molar-refractivity contribution in [2.75, 3.05) is 39.8 Å². The van der Waals surface area contributed by atoms with Crippen molar-refractivity contribution in [2.24, 2.45) is 0 Å². The fourth-order valence-corrected chi connectivity index (χ4v) is 3.38. The van der Waals surface area contributed by atoms with Crippen LogP contribution in [0.5, 0.6) is 5.75 Å². The molecule has 0 atom stereocenters. The van der Waals surface area contributed by atoms with E-state index in [0.29, 0.717) is 6.61 Å². The van der Waals surface area contributed by atoms with Crippen molar-refractivity contribution >= 4 is 0 Å². The van der Waals surface area contributed by atoms with Crippen LogP contribution < -0.4 is 4.74 Å². The summed E-state index contributed by atoms with van der Waals surface area (Å²) < 4.78 is 6.11. The number of hydrogen-bond acceptors (Lipinski definition) is 3. The van der Waals surface area contributed by atoms with E-state index in [9.17, 15) is 0 Å².